The number of methoxy groups -OCH3 is 1. The molecule has 0 N–H and O–H groups in total. The number of hydrogen-bond donors (Lipinski definition) is 0. The Morgan fingerprint density at radius 1 is 1.14 bits per heavy atom. The topological polar surface area (TPSA) is 112 Å². The van der Waals surface area contributed by atoms with E-state index < -0.39 is 11.5 Å². The molecule has 2 rings (SSSR count). The van der Waals surface area contributed by atoms with E-state index in [0.29, 0.717) is 43.6 Å². The average Bonchev–Trinajstić information content (AvgIpc) is 3.05. The zero-order valence-electron chi connectivity index (χ0n) is 17.4. The van der Waals surface area contributed by atoms with Gasteiger partial charge in [0.2, 0.25) is 0 Å². The molecule has 0 aromatic heterocycles. The maximum Gasteiger partial charge on any atom is 1.00 e. The average molecular weight is 443 g/mol. The Morgan fingerprint density at radius 3 is 2.34 bits per heavy atom. The summed E-state index contributed by atoms with van der Waals surface area (Å²) in [5, 5.41) is 24.1. The van der Waals surface area contributed by atoms with Crippen LogP contribution in [0.4, 0.5) is 0 Å². The zero-order valence-corrected chi connectivity index (χ0v) is 22.2. The molecule has 150 valence electrons. The molecule has 0 saturated heterocycles. The van der Waals surface area contributed by atoms with Crippen LogP contribution in [-0.4, -0.2) is 69.1 Å². The second-order valence-electron chi connectivity index (χ2n) is 5.97. The SMILES string of the molecule is COCCOCCOCCOc1cccc(C2=NC(C)(C(=O)[O-])CS2)c1[O-].[Na+].[Na+]. The fourth-order valence-corrected chi connectivity index (χ4v) is 3.40. The van der Waals surface area contributed by atoms with Crippen molar-refractivity contribution in [2.45, 2.75) is 12.5 Å². The molecule has 1 atom stereocenters. The summed E-state index contributed by atoms with van der Waals surface area (Å²) in [5.41, 5.74) is -0.988. The Morgan fingerprint density at radius 2 is 1.76 bits per heavy atom. The van der Waals surface area contributed by atoms with E-state index in [4.69, 9.17) is 18.9 Å². The van der Waals surface area contributed by atoms with Gasteiger partial charge in [-0.25, -0.2) is 0 Å². The number of rotatable bonds is 12. The van der Waals surface area contributed by atoms with Crippen LogP contribution in [0, 0.1) is 0 Å². The summed E-state index contributed by atoms with van der Waals surface area (Å²) < 4.78 is 21.0. The van der Waals surface area contributed by atoms with Gasteiger partial charge in [-0.05, 0) is 13.0 Å². The summed E-state index contributed by atoms with van der Waals surface area (Å²) >= 11 is 1.22. The first-order chi connectivity index (χ1) is 13.0. The third-order valence-electron chi connectivity index (χ3n) is 3.78. The summed E-state index contributed by atoms with van der Waals surface area (Å²) in [7, 11) is 1.61. The van der Waals surface area contributed by atoms with Crippen molar-refractivity contribution in [1.82, 2.24) is 0 Å². The number of benzene rings is 1. The number of aliphatic carboxylic acids is 1. The largest absolute Gasteiger partial charge is 1.00 e. The summed E-state index contributed by atoms with van der Waals surface area (Å²) in [5.74, 6) is -1.17. The number of nitrogens with zero attached hydrogens (tertiary/aromatic N) is 1. The van der Waals surface area contributed by atoms with Gasteiger partial charge in [-0.2, -0.15) is 0 Å². The first-order valence-corrected chi connectivity index (χ1v) is 9.48. The Balaban J connectivity index is 0.00000392. The van der Waals surface area contributed by atoms with Gasteiger partial charge in [-0.3, -0.25) is 4.99 Å². The van der Waals surface area contributed by atoms with E-state index in [-0.39, 0.29) is 83.0 Å². The number of aliphatic imine (C=N–C) groups is 1. The first kappa shape index (κ1) is 29.2. The number of carboxylic acids is 1. The van der Waals surface area contributed by atoms with Crippen LogP contribution in [0.2, 0.25) is 0 Å². The molecule has 1 aliphatic heterocycles. The van der Waals surface area contributed by atoms with Crippen LogP contribution >= 0.6 is 11.8 Å². The number of carbonyl (C=O) groups excluding carboxylic acids is 1. The molecular weight excluding hydrogens is 420 g/mol. The molecule has 11 heteroatoms. The first-order valence-electron chi connectivity index (χ1n) is 8.49. The quantitative estimate of drug-likeness (QED) is 0.232. The van der Waals surface area contributed by atoms with Gasteiger partial charge in [0, 0.05) is 18.4 Å². The molecule has 1 aromatic carbocycles. The van der Waals surface area contributed by atoms with Crippen molar-refractivity contribution in [1.29, 1.82) is 0 Å². The van der Waals surface area contributed by atoms with Crippen LogP contribution in [0.1, 0.15) is 12.5 Å². The van der Waals surface area contributed by atoms with Crippen LogP contribution in [0.25, 0.3) is 0 Å². The number of carboxylic acid groups (broad SMARTS) is 1. The number of carbonyl (C=O) groups is 1. The number of para-hydroxylation sites is 1. The van der Waals surface area contributed by atoms with Crippen molar-refractivity contribution < 1.29 is 93.1 Å². The van der Waals surface area contributed by atoms with Gasteiger partial charge in [-0.1, -0.05) is 17.9 Å². The van der Waals surface area contributed by atoms with E-state index in [1.165, 1.54) is 18.7 Å². The monoisotopic (exact) mass is 443 g/mol. The van der Waals surface area contributed by atoms with Gasteiger partial charge in [0.05, 0.1) is 44.0 Å². The van der Waals surface area contributed by atoms with Crippen molar-refractivity contribution in [3.63, 3.8) is 0 Å². The zero-order chi connectivity index (χ0) is 19.7. The van der Waals surface area contributed by atoms with Gasteiger partial charge < -0.3 is 34.0 Å². The van der Waals surface area contributed by atoms with E-state index in [0.717, 1.165) is 0 Å². The fourth-order valence-electron chi connectivity index (χ4n) is 2.21. The van der Waals surface area contributed by atoms with Crippen molar-refractivity contribution in [3.05, 3.63) is 23.8 Å². The smallest absolute Gasteiger partial charge is 0.869 e. The predicted molar refractivity (Wildman–Crippen MR) is 97.3 cm³/mol. The molecule has 1 aromatic rings. The Hall–Kier alpha value is 0.190. The molecule has 0 saturated carbocycles. The molecule has 29 heavy (non-hydrogen) atoms. The van der Waals surface area contributed by atoms with Crippen LogP contribution in [0.5, 0.6) is 11.5 Å². The Bertz CT molecular complexity index is 678. The van der Waals surface area contributed by atoms with Crippen molar-refractivity contribution >= 4 is 22.8 Å². The molecule has 0 radical (unpaired) electrons. The van der Waals surface area contributed by atoms with Crippen LogP contribution in [0.3, 0.4) is 0 Å². The third-order valence-corrected chi connectivity index (χ3v) is 5.07. The van der Waals surface area contributed by atoms with E-state index in [2.05, 4.69) is 4.99 Å². The maximum atomic E-state index is 12.5. The summed E-state index contributed by atoms with van der Waals surface area (Å²) in [6, 6.07) is 4.85. The van der Waals surface area contributed by atoms with Gasteiger partial charge >= 0.3 is 59.1 Å². The van der Waals surface area contributed by atoms with Crippen LogP contribution < -0.4 is 74.1 Å². The number of thioether (sulfide) groups is 1. The maximum absolute atomic E-state index is 12.5. The normalized spacial score (nSPS) is 17.8. The van der Waals surface area contributed by atoms with Crippen molar-refractivity contribution in [2.24, 2.45) is 4.99 Å². The van der Waals surface area contributed by atoms with Crippen molar-refractivity contribution in [3.8, 4) is 11.5 Å². The number of hydrogen-bond acceptors (Lipinski definition) is 9. The molecule has 0 bridgehead atoms. The summed E-state index contributed by atoms with van der Waals surface area (Å²) in [4.78, 5) is 15.3. The fraction of sp³-hybridized carbons (Fsp3) is 0.556. The minimum absolute atomic E-state index is 0. The molecule has 0 aliphatic carbocycles. The summed E-state index contributed by atoms with van der Waals surface area (Å²) in [6.07, 6.45) is 0. The molecular formula is C18H23NNa2O7S. The molecule has 1 unspecified atom stereocenters. The van der Waals surface area contributed by atoms with E-state index in [9.17, 15) is 15.0 Å². The van der Waals surface area contributed by atoms with E-state index in [1.807, 2.05) is 0 Å². The molecule has 0 spiro atoms. The van der Waals surface area contributed by atoms with Crippen LogP contribution in [-0.2, 0) is 19.0 Å². The molecule has 1 heterocycles. The van der Waals surface area contributed by atoms with Gasteiger partial charge in [-0.15, -0.1) is 11.8 Å². The Kier molecular flexibility index (Phi) is 15.2. The second-order valence-corrected chi connectivity index (χ2v) is 6.93. The third kappa shape index (κ3) is 9.06. The number of ether oxygens (including phenoxy) is 4. The van der Waals surface area contributed by atoms with E-state index >= 15 is 0 Å². The van der Waals surface area contributed by atoms with Gasteiger partial charge in [0.1, 0.15) is 17.9 Å². The van der Waals surface area contributed by atoms with Gasteiger partial charge in [0.25, 0.3) is 0 Å². The standard InChI is InChI=1S/C18H25NO7S.2Na/c1-18(17(21)22)12-27-16(19-18)13-4-3-5-14(15(13)20)26-11-10-25-9-8-24-7-6-23-2;;/h3-5,20H,6-12H2,1-2H3,(H,21,22);;/q;2*+1/p-2. The second kappa shape index (κ2) is 15.1. The van der Waals surface area contributed by atoms with Gasteiger partial charge in [0.15, 0.2) is 0 Å². The molecule has 8 nitrogen and oxygen atoms in total. The molecule has 0 amide bonds. The van der Waals surface area contributed by atoms with Crippen molar-refractivity contribution in [2.75, 3.05) is 52.5 Å². The minimum atomic E-state index is -1.32. The van der Waals surface area contributed by atoms with Crippen LogP contribution in [0.15, 0.2) is 23.2 Å². The minimum Gasteiger partial charge on any atom is -0.869 e. The molecule has 0 fully saturated rings. The Labute approximate surface area is 219 Å². The predicted octanol–water partition coefficient (Wildman–Crippen LogP) is -6.17. The molecule has 1 aliphatic rings. The van der Waals surface area contributed by atoms with E-state index in [1.54, 1.807) is 25.3 Å². The summed E-state index contributed by atoms with van der Waals surface area (Å²) in [6.45, 7) is 3.94.